The molecule has 2 N–H and O–H groups in total. The van der Waals surface area contributed by atoms with E-state index in [1.165, 1.54) is 6.07 Å². The van der Waals surface area contributed by atoms with Crippen LogP contribution < -0.4 is 11.0 Å². The summed E-state index contributed by atoms with van der Waals surface area (Å²) in [5.74, 6) is -0.603. The summed E-state index contributed by atoms with van der Waals surface area (Å²) in [4.78, 5) is 14.7. The number of hydrogen-bond donors (Lipinski definition) is 2. The Labute approximate surface area is 108 Å². The second-order valence-corrected chi connectivity index (χ2v) is 4.71. The zero-order chi connectivity index (χ0) is 13.4. The first kappa shape index (κ1) is 11.9. The van der Waals surface area contributed by atoms with Crippen LogP contribution in [0.4, 0.5) is 4.39 Å². The number of hydrogen-bond acceptors (Lipinski definition) is 3. The predicted octanol–water partition coefficient (Wildman–Crippen LogP) is 1.26. The van der Waals surface area contributed by atoms with Crippen LogP contribution in [0, 0.1) is 17.1 Å². The molecule has 0 bridgehead atoms. The van der Waals surface area contributed by atoms with Gasteiger partial charge in [0.2, 0.25) is 0 Å². The van der Waals surface area contributed by atoms with E-state index in [1.54, 1.807) is 10.6 Å². The Balaban J connectivity index is 2.23. The Morgan fingerprint density at radius 3 is 2.79 bits per heavy atom. The van der Waals surface area contributed by atoms with E-state index < -0.39 is 5.82 Å². The van der Waals surface area contributed by atoms with Crippen LogP contribution in [0.25, 0.3) is 11.0 Å². The Bertz CT molecular complexity index is 719. The number of piperidine rings is 1. The highest BCUT2D eigenvalue weighted by Gasteiger charge is 2.21. The topological polar surface area (TPSA) is 73.6 Å². The maximum atomic E-state index is 13.5. The Hall–Kier alpha value is -2.13. The molecule has 98 valence electrons. The van der Waals surface area contributed by atoms with Crippen LogP contribution in [-0.2, 0) is 0 Å². The normalized spacial score (nSPS) is 16.6. The standard InChI is InChI=1S/C13H13FN4O/c14-10-1-2-11-12(9(10)7-15)17-13(19)18(11)8-3-5-16-6-4-8/h1-2,8,16H,3-6H2,(H,17,19). The van der Waals surface area contributed by atoms with Gasteiger partial charge in [0.1, 0.15) is 17.4 Å². The number of rotatable bonds is 1. The fourth-order valence-electron chi connectivity index (χ4n) is 2.71. The molecule has 0 aliphatic carbocycles. The van der Waals surface area contributed by atoms with Crippen LogP contribution >= 0.6 is 0 Å². The maximum Gasteiger partial charge on any atom is 0.326 e. The van der Waals surface area contributed by atoms with Crippen molar-refractivity contribution in [2.24, 2.45) is 0 Å². The molecule has 19 heavy (non-hydrogen) atoms. The third kappa shape index (κ3) is 1.83. The molecule has 2 heterocycles. The van der Waals surface area contributed by atoms with Crippen molar-refractivity contribution in [2.75, 3.05) is 13.1 Å². The van der Waals surface area contributed by atoms with Crippen molar-refractivity contribution in [2.45, 2.75) is 18.9 Å². The van der Waals surface area contributed by atoms with Gasteiger partial charge < -0.3 is 10.3 Å². The fraction of sp³-hybridized carbons (Fsp3) is 0.385. The highest BCUT2D eigenvalue weighted by atomic mass is 19.1. The Morgan fingerprint density at radius 1 is 1.37 bits per heavy atom. The minimum absolute atomic E-state index is 0.0951. The molecule has 0 radical (unpaired) electrons. The van der Waals surface area contributed by atoms with Gasteiger partial charge in [-0.1, -0.05) is 0 Å². The molecular formula is C13H13FN4O. The molecule has 0 amide bonds. The number of fused-ring (bicyclic) bond motifs is 1. The first-order valence-electron chi connectivity index (χ1n) is 6.26. The molecule has 1 aliphatic rings. The molecule has 0 atom stereocenters. The molecule has 0 unspecified atom stereocenters. The van der Waals surface area contributed by atoms with Gasteiger partial charge in [-0.3, -0.25) is 4.57 Å². The van der Waals surface area contributed by atoms with Gasteiger partial charge in [0.25, 0.3) is 0 Å². The average Bonchev–Trinajstić information content (AvgIpc) is 2.76. The van der Waals surface area contributed by atoms with Gasteiger partial charge in [0.15, 0.2) is 0 Å². The molecule has 3 rings (SSSR count). The molecule has 1 aromatic carbocycles. The van der Waals surface area contributed by atoms with Crippen LogP contribution in [0.2, 0.25) is 0 Å². The number of nitrogens with one attached hydrogen (secondary N) is 2. The van der Waals surface area contributed by atoms with Gasteiger partial charge in [-0.15, -0.1) is 0 Å². The van der Waals surface area contributed by atoms with Crippen molar-refractivity contribution in [1.82, 2.24) is 14.9 Å². The summed E-state index contributed by atoms with van der Waals surface area (Å²) in [6.07, 6.45) is 1.71. The number of imidazole rings is 1. The van der Waals surface area contributed by atoms with Crippen molar-refractivity contribution in [1.29, 1.82) is 5.26 Å². The van der Waals surface area contributed by atoms with E-state index in [9.17, 15) is 9.18 Å². The molecule has 5 nitrogen and oxygen atoms in total. The maximum absolute atomic E-state index is 13.5. The third-order valence-electron chi connectivity index (χ3n) is 3.63. The average molecular weight is 260 g/mol. The summed E-state index contributed by atoms with van der Waals surface area (Å²) in [6, 6.07) is 4.71. The van der Waals surface area contributed by atoms with E-state index in [1.807, 2.05) is 6.07 Å². The third-order valence-corrected chi connectivity index (χ3v) is 3.63. The molecule has 0 saturated carbocycles. The van der Waals surface area contributed by atoms with E-state index in [-0.39, 0.29) is 17.3 Å². The van der Waals surface area contributed by atoms with Crippen molar-refractivity contribution in [3.8, 4) is 6.07 Å². The summed E-state index contributed by atoms with van der Waals surface area (Å²) in [7, 11) is 0. The number of nitrogens with zero attached hydrogens (tertiary/aromatic N) is 2. The molecular weight excluding hydrogens is 247 g/mol. The first-order valence-corrected chi connectivity index (χ1v) is 6.26. The minimum Gasteiger partial charge on any atom is -0.317 e. The van der Waals surface area contributed by atoms with Gasteiger partial charge in [0, 0.05) is 6.04 Å². The fourth-order valence-corrected chi connectivity index (χ4v) is 2.71. The number of benzene rings is 1. The van der Waals surface area contributed by atoms with Gasteiger partial charge in [-0.2, -0.15) is 5.26 Å². The Kier molecular flexibility index (Phi) is 2.84. The van der Waals surface area contributed by atoms with Crippen molar-refractivity contribution in [3.63, 3.8) is 0 Å². The first-order chi connectivity index (χ1) is 9.22. The quantitative estimate of drug-likeness (QED) is 0.810. The SMILES string of the molecule is N#Cc1c(F)ccc2c1[nH]c(=O)n2C1CCNCC1. The van der Waals surface area contributed by atoms with E-state index in [0.29, 0.717) is 11.0 Å². The number of aromatic nitrogens is 2. The summed E-state index contributed by atoms with van der Waals surface area (Å²) in [5, 5.41) is 12.2. The van der Waals surface area contributed by atoms with Gasteiger partial charge in [0.05, 0.1) is 11.0 Å². The number of aromatic amines is 1. The number of nitriles is 1. The largest absolute Gasteiger partial charge is 0.326 e. The highest BCUT2D eigenvalue weighted by Crippen LogP contribution is 2.24. The zero-order valence-corrected chi connectivity index (χ0v) is 10.2. The number of H-pyrrole nitrogens is 1. The second kappa shape index (κ2) is 4.52. The minimum atomic E-state index is -0.603. The zero-order valence-electron chi connectivity index (χ0n) is 10.2. The van der Waals surface area contributed by atoms with Crippen LogP contribution in [-0.4, -0.2) is 22.6 Å². The van der Waals surface area contributed by atoms with Crippen LogP contribution in [0.3, 0.4) is 0 Å². The van der Waals surface area contributed by atoms with E-state index in [2.05, 4.69) is 10.3 Å². The van der Waals surface area contributed by atoms with Crippen LogP contribution in [0.15, 0.2) is 16.9 Å². The molecule has 1 fully saturated rings. The Morgan fingerprint density at radius 2 is 2.11 bits per heavy atom. The molecule has 1 aliphatic heterocycles. The summed E-state index contributed by atoms with van der Waals surface area (Å²) < 4.78 is 15.2. The van der Waals surface area contributed by atoms with E-state index in [0.717, 1.165) is 25.9 Å². The van der Waals surface area contributed by atoms with E-state index >= 15 is 0 Å². The van der Waals surface area contributed by atoms with Gasteiger partial charge in [-0.05, 0) is 38.1 Å². The second-order valence-electron chi connectivity index (χ2n) is 4.71. The summed E-state index contributed by atoms with van der Waals surface area (Å²) in [5.41, 5.74) is 0.534. The van der Waals surface area contributed by atoms with E-state index in [4.69, 9.17) is 5.26 Å². The molecule has 2 aromatic rings. The van der Waals surface area contributed by atoms with Gasteiger partial charge in [-0.25, -0.2) is 9.18 Å². The molecule has 6 heteroatoms. The lowest BCUT2D eigenvalue weighted by Crippen LogP contribution is -2.33. The molecule has 1 saturated heterocycles. The van der Waals surface area contributed by atoms with Crippen molar-refractivity contribution < 1.29 is 4.39 Å². The van der Waals surface area contributed by atoms with Crippen molar-refractivity contribution >= 4 is 11.0 Å². The lowest BCUT2D eigenvalue weighted by Gasteiger charge is -2.23. The molecule has 0 spiro atoms. The lowest BCUT2D eigenvalue weighted by molar-refractivity contribution is 0.368. The van der Waals surface area contributed by atoms with Crippen LogP contribution in [0.5, 0.6) is 0 Å². The predicted molar refractivity (Wildman–Crippen MR) is 68.4 cm³/mol. The number of halogens is 1. The highest BCUT2D eigenvalue weighted by molar-refractivity contribution is 5.81. The summed E-state index contributed by atoms with van der Waals surface area (Å²) in [6.45, 7) is 1.71. The smallest absolute Gasteiger partial charge is 0.317 e. The lowest BCUT2D eigenvalue weighted by atomic mass is 10.1. The van der Waals surface area contributed by atoms with Crippen LogP contribution in [0.1, 0.15) is 24.4 Å². The molecule has 1 aromatic heterocycles. The van der Waals surface area contributed by atoms with Crippen molar-refractivity contribution in [3.05, 3.63) is 34.0 Å². The summed E-state index contributed by atoms with van der Waals surface area (Å²) >= 11 is 0. The van der Waals surface area contributed by atoms with Gasteiger partial charge >= 0.3 is 5.69 Å². The monoisotopic (exact) mass is 260 g/mol.